The average molecular weight is 499 g/mol. The SMILES string of the molecule is C(=C\c1sc(-c2sc(/C=C/c3cccs3)c3c2OCCO3)c2c1OCCO2)/c1cccs1. The van der Waals surface area contributed by atoms with E-state index in [-0.39, 0.29) is 0 Å². The standard InChI is InChI=1S/C24H18O4S4/c1-3-15(29-13-1)5-7-17-19-21(27-11-9-25-19)23(31-17)24-22-20(26-10-12-28-22)18(32-24)8-6-16-4-2-14-30-16/h1-8,13-14H,9-12H2/b7-5+,8-6+. The van der Waals surface area contributed by atoms with Crippen LogP contribution >= 0.6 is 45.3 Å². The molecule has 2 aliphatic rings. The van der Waals surface area contributed by atoms with Crippen LogP contribution in [0.3, 0.4) is 0 Å². The molecule has 6 heterocycles. The van der Waals surface area contributed by atoms with E-state index in [0.29, 0.717) is 26.4 Å². The summed E-state index contributed by atoms with van der Waals surface area (Å²) in [7, 11) is 0. The molecule has 0 unspecified atom stereocenters. The van der Waals surface area contributed by atoms with E-state index in [1.807, 2.05) is 0 Å². The van der Waals surface area contributed by atoms with Gasteiger partial charge in [-0.05, 0) is 47.2 Å². The Morgan fingerprint density at radius 2 is 1.00 bits per heavy atom. The highest BCUT2D eigenvalue weighted by Crippen LogP contribution is 2.58. The molecular formula is C24H18O4S4. The van der Waals surface area contributed by atoms with Crippen molar-refractivity contribution in [2.75, 3.05) is 26.4 Å². The molecule has 4 nitrogen and oxygen atoms in total. The largest absolute Gasteiger partial charge is 0.485 e. The summed E-state index contributed by atoms with van der Waals surface area (Å²) in [6.45, 7) is 2.20. The van der Waals surface area contributed by atoms with Crippen LogP contribution in [0.15, 0.2) is 35.0 Å². The van der Waals surface area contributed by atoms with Gasteiger partial charge in [0.1, 0.15) is 26.4 Å². The second-order valence-electron chi connectivity index (χ2n) is 7.00. The van der Waals surface area contributed by atoms with E-state index in [1.165, 1.54) is 9.75 Å². The number of rotatable bonds is 5. The van der Waals surface area contributed by atoms with Gasteiger partial charge in [-0.2, -0.15) is 0 Å². The molecule has 0 N–H and O–H groups in total. The minimum Gasteiger partial charge on any atom is -0.485 e. The molecule has 0 aliphatic carbocycles. The third-order valence-corrected chi connectivity index (χ3v) is 9.01. The highest BCUT2D eigenvalue weighted by molar-refractivity contribution is 7.24. The van der Waals surface area contributed by atoms with E-state index >= 15 is 0 Å². The maximum absolute atomic E-state index is 6.09. The molecule has 0 saturated heterocycles. The Kier molecular flexibility index (Phi) is 5.52. The summed E-state index contributed by atoms with van der Waals surface area (Å²) in [5.74, 6) is 3.25. The molecule has 0 saturated carbocycles. The van der Waals surface area contributed by atoms with Crippen molar-refractivity contribution in [2.24, 2.45) is 0 Å². The lowest BCUT2D eigenvalue weighted by molar-refractivity contribution is 0.171. The number of hydrogen-bond acceptors (Lipinski definition) is 8. The molecule has 0 amide bonds. The van der Waals surface area contributed by atoms with Crippen LogP contribution in [-0.4, -0.2) is 26.4 Å². The summed E-state index contributed by atoms with van der Waals surface area (Å²) in [6.07, 6.45) is 8.47. The molecule has 0 aromatic carbocycles. The third-order valence-electron chi connectivity index (χ3n) is 4.94. The van der Waals surface area contributed by atoms with Crippen LogP contribution in [-0.2, 0) is 0 Å². The van der Waals surface area contributed by atoms with Crippen LogP contribution in [0.25, 0.3) is 34.1 Å². The molecule has 0 fully saturated rings. The average Bonchev–Trinajstić information content (AvgIpc) is 3.63. The first kappa shape index (κ1) is 20.1. The van der Waals surface area contributed by atoms with Gasteiger partial charge in [0.15, 0.2) is 23.0 Å². The zero-order valence-electron chi connectivity index (χ0n) is 16.9. The topological polar surface area (TPSA) is 36.9 Å². The van der Waals surface area contributed by atoms with Crippen LogP contribution in [0.5, 0.6) is 23.0 Å². The highest BCUT2D eigenvalue weighted by atomic mass is 32.1. The van der Waals surface area contributed by atoms with Crippen LogP contribution < -0.4 is 18.9 Å². The van der Waals surface area contributed by atoms with Crippen LogP contribution in [0.1, 0.15) is 19.5 Å². The lowest BCUT2D eigenvalue weighted by Crippen LogP contribution is -2.15. The molecule has 4 aromatic rings. The van der Waals surface area contributed by atoms with E-state index in [2.05, 4.69) is 59.3 Å². The summed E-state index contributed by atoms with van der Waals surface area (Å²) in [5, 5.41) is 4.16. The molecular weight excluding hydrogens is 481 g/mol. The van der Waals surface area contributed by atoms with Gasteiger partial charge in [-0.25, -0.2) is 0 Å². The van der Waals surface area contributed by atoms with Gasteiger partial charge in [0.25, 0.3) is 0 Å². The Labute approximate surface area is 201 Å². The summed E-state index contributed by atoms with van der Waals surface area (Å²) < 4.78 is 24.3. The normalized spacial score (nSPS) is 15.1. The van der Waals surface area contributed by atoms with E-state index in [9.17, 15) is 0 Å². The monoisotopic (exact) mass is 498 g/mol. The van der Waals surface area contributed by atoms with Crippen molar-refractivity contribution < 1.29 is 18.9 Å². The summed E-state index contributed by atoms with van der Waals surface area (Å²) in [4.78, 5) is 6.59. The summed E-state index contributed by atoms with van der Waals surface area (Å²) in [5.41, 5.74) is 0. The second-order valence-corrected chi connectivity index (χ2v) is 11.1. The molecule has 2 aliphatic heterocycles. The van der Waals surface area contributed by atoms with Gasteiger partial charge in [-0.3, -0.25) is 0 Å². The highest BCUT2D eigenvalue weighted by Gasteiger charge is 2.31. The van der Waals surface area contributed by atoms with E-state index in [4.69, 9.17) is 18.9 Å². The van der Waals surface area contributed by atoms with Crippen molar-refractivity contribution in [3.8, 4) is 32.8 Å². The van der Waals surface area contributed by atoms with Gasteiger partial charge in [-0.15, -0.1) is 45.3 Å². The summed E-state index contributed by atoms with van der Waals surface area (Å²) >= 11 is 6.77. The lowest BCUT2D eigenvalue weighted by Gasteiger charge is -2.18. The predicted molar refractivity (Wildman–Crippen MR) is 136 cm³/mol. The number of hydrogen-bond donors (Lipinski definition) is 0. The fraction of sp³-hybridized carbons (Fsp3) is 0.167. The molecule has 0 spiro atoms. The van der Waals surface area contributed by atoms with E-state index in [0.717, 1.165) is 42.5 Å². The smallest absolute Gasteiger partial charge is 0.181 e. The molecule has 4 aromatic heterocycles. The second kappa shape index (κ2) is 8.78. The van der Waals surface area contributed by atoms with Crippen molar-refractivity contribution >= 4 is 69.7 Å². The number of thiophene rings is 4. The molecule has 162 valence electrons. The van der Waals surface area contributed by atoms with E-state index in [1.54, 1.807) is 45.3 Å². The minimum absolute atomic E-state index is 0.543. The summed E-state index contributed by atoms with van der Waals surface area (Å²) in [6, 6.07) is 8.32. The van der Waals surface area contributed by atoms with Gasteiger partial charge in [-0.1, -0.05) is 12.1 Å². The van der Waals surface area contributed by atoms with Gasteiger partial charge >= 0.3 is 0 Å². The fourth-order valence-electron chi connectivity index (χ4n) is 3.55. The molecule has 6 rings (SSSR count). The van der Waals surface area contributed by atoms with Gasteiger partial charge < -0.3 is 18.9 Å². The first-order valence-electron chi connectivity index (χ1n) is 10.1. The Bertz CT molecular complexity index is 1180. The number of ether oxygens (including phenoxy) is 4. The Balaban J connectivity index is 1.44. The molecule has 32 heavy (non-hydrogen) atoms. The maximum atomic E-state index is 6.09. The predicted octanol–water partition coefficient (Wildman–Crippen LogP) is 7.48. The molecule has 0 radical (unpaired) electrons. The lowest BCUT2D eigenvalue weighted by atomic mass is 10.2. The van der Waals surface area contributed by atoms with Crippen molar-refractivity contribution in [1.82, 2.24) is 0 Å². The van der Waals surface area contributed by atoms with Gasteiger partial charge in [0, 0.05) is 9.75 Å². The Hall–Kier alpha value is -2.52. The zero-order chi connectivity index (χ0) is 21.3. The zero-order valence-corrected chi connectivity index (χ0v) is 20.1. The van der Waals surface area contributed by atoms with Gasteiger partial charge in [0.05, 0.1) is 19.5 Å². The Morgan fingerprint density at radius 3 is 1.41 bits per heavy atom. The first-order chi connectivity index (χ1) is 15.9. The quantitative estimate of drug-likeness (QED) is 0.286. The van der Waals surface area contributed by atoms with Crippen LogP contribution in [0, 0.1) is 0 Å². The number of fused-ring (bicyclic) bond motifs is 2. The van der Waals surface area contributed by atoms with Crippen molar-refractivity contribution in [3.63, 3.8) is 0 Å². The molecule has 0 atom stereocenters. The van der Waals surface area contributed by atoms with Crippen LogP contribution in [0.4, 0.5) is 0 Å². The molecule has 8 heteroatoms. The van der Waals surface area contributed by atoms with Crippen LogP contribution in [0.2, 0.25) is 0 Å². The van der Waals surface area contributed by atoms with Crippen molar-refractivity contribution in [2.45, 2.75) is 0 Å². The first-order valence-corrected chi connectivity index (χ1v) is 13.5. The van der Waals surface area contributed by atoms with Crippen molar-refractivity contribution in [1.29, 1.82) is 0 Å². The Morgan fingerprint density at radius 1 is 0.562 bits per heavy atom. The minimum atomic E-state index is 0.543. The van der Waals surface area contributed by atoms with E-state index < -0.39 is 0 Å². The molecule has 0 bridgehead atoms. The van der Waals surface area contributed by atoms with Gasteiger partial charge in [0.2, 0.25) is 0 Å². The maximum Gasteiger partial charge on any atom is 0.181 e. The fourth-order valence-corrected chi connectivity index (χ4v) is 7.10. The third kappa shape index (κ3) is 3.77. The van der Waals surface area contributed by atoms with Crippen molar-refractivity contribution in [3.05, 3.63) is 54.5 Å².